The van der Waals surface area contributed by atoms with Crippen LogP contribution in [0.25, 0.3) is 21.8 Å². The topological polar surface area (TPSA) is 88.8 Å². The van der Waals surface area contributed by atoms with E-state index in [0.29, 0.717) is 22.0 Å². The Balaban J connectivity index is 2.07. The summed E-state index contributed by atoms with van der Waals surface area (Å²) in [4.78, 5) is 30.3. The van der Waals surface area contributed by atoms with Crippen molar-refractivity contribution in [3.63, 3.8) is 0 Å². The lowest BCUT2D eigenvalue weighted by Crippen LogP contribution is -2.24. The average molecular weight is 346 g/mol. The fourth-order valence-corrected chi connectivity index (χ4v) is 3.15. The number of primary amides is 1. The number of nitrogens with two attached hydrogens (primary N) is 1. The van der Waals surface area contributed by atoms with Gasteiger partial charge in [-0.25, -0.2) is 4.98 Å². The van der Waals surface area contributed by atoms with Gasteiger partial charge < -0.3 is 10.7 Å². The molecule has 0 aliphatic carbocycles. The van der Waals surface area contributed by atoms with Crippen molar-refractivity contribution in [3.05, 3.63) is 62.3 Å². The second-order valence-corrected chi connectivity index (χ2v) is 6.25. The third-order valence-corrected chi connectivity index (χ3v) is 4.52. The molecule has 3 rings (SSSR count). The molecule has 0 unspecified atom stereocenters. The zero-order chi connectivity index (χ0) is 16.6. The standard InChI is InChI=1S/C16H12ClN3O2S/c1-8-11(6-12(14(18)21)15(22)19-8)13-7-23-16(20-13)9-2-4-10(17)5-3-9/h2-7H,1H3,(H2,18,21)(H,19,22). The van der Waals surface area contributed by atoms with Gasteiger partial charge in [0.15, 0.2) is 0 Å². The lowest BCUT2D eigenvalue weighted by molar-refractivity contribution is 0.0999. The predicted molar refractivity (Wildman–Crippen MR) is 91.9 cm³/mol. The summed E-state index contributed by atoms with van der Waals surface area (Å²) >= 11 is 7.36. The van der Waals surface area contributed by atoms with E-state index >= 15 is 0 Å². The number of pyridine rings is 1. The van der Waals surface area contributed by atoms with Crippen LogP contribution in [0.1, 0.15) is 16.1 Å². The summed E-state index contributed by atoms with van der Waals surface area (Å²) in [5, 5.41) is 3.35. The molecule has 23 heavy (non-hydrogen) atoms. The number of H-pyrrole nitrogens is 1. The molecule has 116 valence electrons. The van der Waals surface area contributed by atoms with E-state index in [-0.39, 0.29) is 5.56 Å². The zero-order valence-corrected chi connectivity index (χ0v) is 13.7. The van der Waals surface area contributed by atoms with Gasteiger partial charge in [-0.15, -0.1) is 11.3 Å². The molecule has 2 heterocycles. The predicted octanol–water partition coefficient (Wildman–Crippen LogP) is 3.23. The van der Waals surface area contributed by atoms with E-state index in [1.165, 1.54) is 17.4 Å². The number of aryl methyl sites for hydroxylation is 1. The zero-order valence-electron chi connectivity index (χ0n) is 12.1. The Kier molecular flexibility index (Phi) is 4.02. The van der Waals surface area contributed by atoms with E-state index in [4.69, 9.17) is 17.3 Å². The normalized spacial score (nSPS) is 10.7. The molecule has 0 aliphatic rings. The smallest absolute Gasteiger partial charge is 0.261 e. The van der Waals surface area contributed by atoms with Crippen molar-refractivity contribution in [2.75, 3.05) is 0 Å². The summed E-state index contributed by atoms with van der Waals surface area (Å²) in [6, 6.07) is 8.86. The molecule has 0 fully saturated rings. The maximum atomic E-state index is 11.7. The van der Waals surface area contributed by atoms with Crippen molar-refractivity contribution >= 4 is 28.8 Å². The van der Waals surface area contributed by atoms with Gasteiger partial charge in [-0.05, 0) is 25.1 Å². The number of amides is 1. The minimum absolute atomic E-state index is 0.0772. The number of thiazole rings is 1. The summed E-state index contributed by atoms with van der Waals surface area (Å²) < 4.78 is 0. The van der Waals surface area contributed by atoms with Crippen LogP contribution >= 0.6 is 22.9 Å². The number of hydrogen-bond acceptors (Lipinski definition) is 4. The first-order valence-corrected chi connectivity index (χ1v) is 7.97. The molecule has 0 aliphatic heterocycles. The first-order chi connectivity index (χ1) is 11.0. The van der Waals surface area contributed by atoms with Gasteiger partial charge in [0.05, 0.1) is 5.69 Å². The molecule has 0 saturated carbocycles. The summed E-state index contributed by atoms with van der Waals surface area (Å²) in [6.07, 6.45) is 0. The number of carbonyl (C=O) groups is 1. The number of nitrogens with zero attached hydrogens (tertiary/aromatic N) is 1. The van der Waals surface area contributed by atoms with Crippen LogP contribution in [0.2, 0.25) is 5.02 Å². The SMILES string of the molecule is Cc1[nH]c(=O)c(C(N)=O)cc1-c1csc(-c2ccc(Cl)cc2)n1. The van der Waals surface area contributed by atoms with Gasteiger partial charge in [-0.2, -0.15) is 0 Å². The Bertz CT molecular complexity index is 945. The first-order valence-electron chi connectivity index (χ1n) is 6.71. The number of aromatic nitrogens is 2. The average Bonchev–Trinajstić information content (AvgIpc) is 2.97. The lowest BCUT2D eigenvalue weighted by Gasteiger charge is -2.04. The van der Waals surface area contributed by atoms with E-state index in [1.54, 1.807) is 19.1 Å². The van der Waals surface area contributed by atoms with E-state index in [9.17, 15) is 9.59 Å². The molecule has 7 heteroatoms. The highest BCUT2D eigenvalue weighted by atomic mass is 35.5. The minimum atomic E-state index is -0.763. The van der Waals surface area contributed by atoms with Crippen molar-refractivity contribution in [2.24, 2.45) is 5.73 Å². The van der Waals surface area contributed by atoms with E-state index < -0.39 is 11.5 Å². The van der Waals surface area contributed by atoms with Crippen molar-refractivity contribution in [1.29, 1.82) is 0 Å². The Morgan fingerprint density at radius 2 is 2.00 bits per heavy atom. The molecule has 2 aromatic heterocycles. The molecular formula is C16H12ClN3O2S. The summed E-state index contributed by atoms with van der Waals surface area (Å²) in [5.41, 5.74) is 7.59. The fraction of sp³-hybridized carbons (Fsp3) is 0.0625. The summed E-state index contributed by atoms with van der Waals surface area (Å²) in [7, 11) is 0. The molecule has 0 radical (unpaired) electrons. The minimum Gasteiger partial charge on any atom is -0.365 e. The van der Waals surface area contributed by atoms with Crippen LogP contribution in [-0.4, -0.2) is 15.9 Å². The highest BCUT2D eigenvalue weighted by Crippen LogP contribution is 2.30. The maximum Gasteiger partial charge on any atom is 0.261 e. The van der Waals surface area contributed by atoms with Crippen LogP contribution in [-0.2, 0) is 0 Å². The number of nitrogens with one attached hydrogen (secondary N) is 1. The number of benzene rings is 1. The Labute approximate surface area is 140 Å². The van der Waals surface area contributed by atoms with Crippen molar-refractivity contribution < 1.29 is 4.79 Å². The van der Waals surface area contributed by atoms with Crippen LogP contribution < -0.4 is 11.3 Å². The van der Waals surface area contributed by atoms with Gasteiger partial charge in [0.1, 0.15) is 10.6 Å². The molecule has 0 spiro atoms. The molecule has 5 nitrogen and oxygen atoms in total. The second kappa shape index (κ2) is 5.98. The van der Waals surface area contributed by atoms with Crippen LogP contribution in [0.4, 0.5) is 0 Å². The van der Waals surface area contributed by atoms with Crippen LogP contribution in [0.5, 0.6) is 0 Å². The van der Waals surface area contributed by atoms with Crippen LogP contribution in [0.3, 0.4) is 0 Å². The molecule has 1 aromatic carbocycles. The van der Waals surface area contributed by atoms with E-state index in [2.05, 4.69) is 9.97 Å². The van der Waals surface area contributed by atoms with Gasteiger partial charge in [-0.3, -0.25) is 9.59 Å². The molecular weight excluding hydrogens is 334 g/mol. The monoisotopic (exact) mass is 345 g/mol. The maximum absolute atomic E-state index is 11.7. The van der Waals surface area contributed by atoms with Gasteiger partial charge in [0.2, 0.25) is 0 Å². The summed E-state index contributed by atoms with van der Waals surface area (Å²) in [5.74, 6) is -0.763. The Morgan fingerprint density at radius 3 is 2.65 bits per heavy atom. The molecule has 0 saturated heterocycles. The number of rotatable bonds is 3. The van der Waals surface area contributed by atoms with Crippen molar-refractivity contribution in [1.82, 2.24) is 9.97 Å². The Morgan fingerprint density at radius 1 is 1.30 bits per heavy atom. The molecule has 1 amide bonds. The van der Waals surface area contributed by atoms with Crippen LogP contribution in [0.15, 0.2) is 40.5 Å². The molecule has 0 bridgehead atoms. The third kappa shape index (κ3) is 3.04. The lowest BCUT2D eigenvalue weighted by atomic mass is 10.1. The highest BCUT2D eigenvalue weighted by Gasteiger charge is 2.14. The number of aromatic amines is 1. The number of halogens is 1. The summed E-state index contributed by atoms with van der Waals surface area (Å²) in [6.45, 7) is 1.75. The quantitative estimate of drug-likeness (QED) is 0.763. The Hall–Kier alpha value is -2.44. The molecule has 3 N–H and O–H groups in total. The van der Waals surface area contributed by atoms with Gasteiger partial charge in [0.25, 0.3) is 11.5 Å². The van der Waals surface area contributed by atoms with Gasteiger partial charge >= 0.3 is 0 Å². The van der Waals surface area contributed by atoms with Gasteiger partial charge in [0, 0.05) is 27.2 Å². The first kappa shape index (κ1) is 15.5. The second-order valence-electron chi connectivity index (χ2n) is 4.96. The number of carbonyl (C=O) groups excluding carboxylic acids is 1. The van der Waals surface area contributed by atoms with Crippen molar-refractivity contribution in [2.45, 2.75) is 6.92 Å². The van der Waals surface area contributed by atoms with Crippen LogP contribution in [0, 0.1) is 6.92 Å². The van der Waals surface area contributed by atoms with E-state index in [0.717, 1.165) is 10.6 Å². The fourth-order valence-electron chi connectivity index (χ4n) is 2.19. The number of hydrogen-bond donors (Lipinski definition) is 2. The third-order valence-electron chi connectivity index (χ3n) is 3.38. The van der Waals surface area contributed by atoms with E-state index in [1.807, 2.05) is 17.5 Å². The largest absolute Gasteiger partial charge is 0.365 e. The molecule has 0 atom stereocenters. The van der Waals surface area contributed by atoms with Crippen molar-refractivity contribution in [3.8, 4) is 21.8 Å². The van der Waals surface area contributed by atoms with Gasteiger partial charge in [-0.1, -0.05) is 23.7 Å². The highest BCUT2D eigenvalue weighted by molar-refractivity contribution is 7.13. The molecule has 3 aromatic rings.